The first-order valence-electron chi connectivity index (χ1n) is 8.49. The molecule has 3 aromatic carbocycles. The third-order valence-corrected chi connectivity index (χ3v) is 4.13. The third kappa shape index (κ3) is 4.41. The van der Waals surface area contributed by atoms with Crippen molar-refractivity contribution in [2.45, 2.75) is 20.8 Å². The van der Waals surface area contributed by atoms with Gasteiger partial charge in [0.15, 0.2) is 0 Å². The van der Waals surface area contributed by atoms with E-state index in [2.05, 4.69) is 55.7 Å². The summed E-state index contributed by atoms with van der Waals surface area (Å²) in [6.45, 7) is 5.89. The van der Waals surface area contributed by atoms with Crippen LogP contribution in [0.15, 0.2) is 60.7 Å². The Kier molecular flexibility index (Phi) is 5.21. The van der Waals surface area contributed by atoms with Crippen molar-refractivity contribution in [3.63, 3.8) is 0 Å². The van der Waals surface area contributed by atoms with Gasteiger partial charge < -0.3 is 0 Å². The molecule has 0 aliphatic carbocycles. The molecule has 0 saturated heterocycles. The minimum atomic E-state index is -0.228. The lowest BCUT2D eigenvalue weighted by molar-refractivity contribution is 0.618. The van der Waals surface area contributed by atoms with Gasteiger partial charge in [-0.2, -0.15) is 0 Å². The largest absolute Gasteiger partial charge is 0.207 e. The van der Waals surface area contributed by atoms with Crippen LogP contribution in [0.4, 0.5) is 4.39 Å². The molecule has 0 nitrogen and oxygen atoms in total. The topological polar surface area (TPSA) is 0 Å². The number of rotatable bonds is 0. The summed E-state index contributed by atoms with van der Waals surface area (Å²) in [5, 5.41) is 0. The van der Waals surface area contributed by atoms with Crippen molar-refractivity contribution in [1.82, 2.24) is 0 Å². The standard InChI is InChI=1S/C25H19F/c1-18-4-14-24(20(3)16-18)15-13-22-9-7-21(8-10-22)11-12-23-6-5-19(2)25(26)17-23/h4-10,14,16-17H,1-3H3. The Morgan fingerprint density at radius 2 is 1.15 bits per heavy atom. The molecule has 0 saturated carbocycles. The monoisotopic (exact) mass is 338 g/mol. The number of hydrogen-bond donors (Lipinski definition) is 0. The molecule has 0 amide bonds. The molecule has 0 aliphatic heterocycles. The second kappa shape index (κ2) is 7.73. The fraction of sp³-hybridized carbons (Fsp3) is 0.120. The summed E-state index contributed by atoms with van der Waals surface area (Å²) in [5.74, 6) is 12.2. The van der Waals surface area contributed by atoms with Crippen molar-refractivity contribution < 1.29 is 4.39 Å². The molecule has 0 unspecified atom stereocenters. The predicted octanol–water partition coefficient (Wildman–Crippen LogP) is 5.55. The molecule has 1 heteroatoms. The van der Waals surface area contributed by atoms with Gasteiger partial charge in [-0.25, -0.2) is 4.39 Å². The lowest BCUT2D eigenvalue weighted by Crippen LogP contribution is -1.84. The summed E-state index contributed by atoms with van der Waals surface area (Å²) in [6.07, 6.45) is 0. The highest BCUT2D eigenvalue weighted by molar-refractivity contribution is 5.49. The molecular weight excluding hydrogens is 319 g/mol. The van der Waals surface area contributed by atoms with Gasteiger partial charge in [0.05, 0.1) is 0 Å². The van der Waals surface area contributed by atoms with E-state index >= 15 is 0 Å². The van der Waals surface area contributed by atoms with Crippen LogP contribution in [0.5, 0.6) is 0 Å². The fourth-order valence-corrected chi connectivity index (χ4v) is 2.55. The summed E-state index contributed by atoms with van der Waals surface area (Å²) in [7, 11) is 0. The fourth-order valence-electron chi connectivity index (χ4n) is 2.55. The Morgan fingerprint density at radius 1 is 0.577 bits per heavy atom. The Hall–Kier alpha value is -3.29. The Balaban J connectivity index is 1.76. The van der Waals surface area contributed by atoms with E-state index in [9.17, 15) is 4.39 Å². The van der Waals surface area contributed by atoms with Gasteiger partial charge in [0, 0.05) is 22.3 Å². The molecule has 0 bridgehead atoms. The zero-order valence-corrected chi connectivity index (χ0v) is 15.2. The Bertz CT molecular complexity index is 1070. The van der Waals surface area contributed by atoms with E-state index in [1.165, 1.54) is 17.2 Å². The molecule has 0 aromatic heterocycles. The maximum absolute atomic E-state index is 13.6. The van der Waals surface area contributed by atoms with Crippen LogP contribution in [0.3, 0.4) is 0 Å². The molecule has 3 rings (SSSR count). The average Bonchev–Trinajstić information content (AvgIpc) is 2.63. The Labute approximate surface area is 154 Å². The van der Waals surface area contributed by atoms with Crippen molar-refractivity contribution in [2.75, 3.05) is 0 Å². The van der Waals surface area contributed by atoms with E-state index in [1.807, 2.05) is 30.3 Å². The van der Waals surface area contributed by atoms with E-state index < -0.39 is 0 Å². The summed E-state index contributed by atoms with van der Waals surface area (Å²) in [4.78, 5) is 0. The highest BCUT2D eigenvalue weighted by Gasteiger charge is 1.97. The number of aryl methyl sites for hydroxylation is 3. The lowest BCUT2D eigenvalue weighted by Gasteiger charge is -1.99. The van der Waals surface area contributed by atoms with Crippen molar-refractivity contribution in [1.29, 1.82) is 0 Å². The first-order valence-corrected chi connectivity index (χ1v) is 8.49. The van der Waals surface area contributed by atoms with Crippen LogP contribution in [0.1, 0.15) is 38.9 Å². The zero-order chi connectivity index (χ0) is 18.5. The van der Waals surface area contributed by atoms with E-state index in [4.69, 9.17) is 0 Å². The Morgan fingerprint density at radius 3 is 1.77 bits per heavy atom. The SMILES string of the molecule is Cc1ccc(C#Cc2ccc(C#Cc3ccc(C)c(F)c3)cc2)c(C)c1. The molecule has 126 valence electrons. The molecule has 0 aliphatic rings. The third-order valence-electron chi connectivity index (χ3n) is 4.13. The van der Waals surface area contributed by atoms with Gasteiger partial charge >= 0.3 is 0 Å². The molecule has 0 heterocycles. The normalized spacial score (nSPS) is 9.69. The highest BCUT2D eigenvalue weighted by Crippen LogP contribution is 2.10. The maximum atomic E-state index is 13.6. The van der Waals surface area contributed by atoms with Crippen LogP contribution in [-0.2, 0) is 0 Å². The minimum Gasteiger partial charge on any atom is -0.207 e. The predicted molar refractivity (Wildman–Crippen MR) is 105 cm³/mol. The minimum absolute atomic E-state index is 0.228. The van der Waals surface area contributed by atoms with Crippen LogP contribution >= 0.6 is 0 Å². The van der Waals surface area contributed by atoms with Gasteiger partial charge in [0.25, 0.3) is 0 Å². The average molecular weight is 338 g/mol. The number of benzene rings is 3. The van der Waals surface area contributed by atoms with Crippen molar-refractivity contribution in [2.24, 2.45) is 0 Å². The summed E-state index contributed by atoms with van der Waals surface area (Å²) >= 11 is 0. The van der Waals surface area contributed by atoms with Crippen molar-refractivity contribution >= 4 is 0 Å². The van der Waals surface area contributed by atoms with E-state index in [0.717, 1.165) is 16.7 Å². The second-order valence-corrected chi connectivity index (χ2v) is 6.36. The quantitative estimate of drug-likeness (QED) is 0.471. The summed E-state index contributed by atoms with van der Waals surface area (Å²) in [5.41, 5.74) is 6.59. The van der Waals surface area contributed by atoms with Gasteiger partial charge in [0.1, 0.15) is 5.82 Å². The summed E-state index contributed by atoms with van der Waals surface area (Å²) in [6, 6.07) is 19.1. The van der Waals surface area contributed by atoms with Crippen LogP contribution < -0.4 is 0 Å². The van der Waals surface area contributed by atoms with E-state index in [-0.39, 0.29) is 5.82 Å². The lowest BCUT2D eigenvalue weighted by atomic mass is 10.1. The molecule has 0 atom stereocenters. The van der Waals surface area contributed by atoms with Gasteiger partial charge in [-0.15, -0.1) is 0 Å². The molecule has 26 heavy (non-hydrogen) atoms. The molecule has 0 fully saturated rings. The van der Waals surface area contributed by atoms with Crippen LogP contribution in [0.2, 0.25) is 0 Å². The van der Waals surface area contributed by atoms with Gasteiger partial charge in [0.2, 0.25) is 0 Å². The molecule has 0 spiro atoms. The maximum Gasteiger partial charge on any atom is 0.127 e. The van der Waals surface area contributed by atoms with Crippen LogP contribution in [0.25, 0.3) is 0 Å². The van der Waals surface area contributed by atoms with E-state index in [0.29, 0.717) is 11.1 Å². The van der Waals surface area contributed by atoms with Crippen LogP contribution in [0, 0.1) is 50.3 Å². The smallest absolute Gasteiger partial charge is 0.127 e. The van der Waals surface area contributed by atoms with Crippen molar-refractivity contribution in [3.05, 3.63) is 105 Å². The van der Waals surface area contributed by atoms with Gasteiger partial charge in [-0.3, -0.25) is 0 Å². The molecular formula is C25H19F. The van der Waals surface area contributed by atoms with Crippen LogP contribution in [-0.4, -0.2) is 0 Å². The highest BCUT2D eigenvalue weighted by atomic mass is 19.1. The van der Waals surface area contributed by atoms with Crippen molar-refractivity contribution in [3.8, 4) is 23.7 Å². The molecule has 3 aromatic rings. The molecule has 0 N–H and O–H groups in total. The second-order valence-electron chi connectivity index (χ2n) is 6.36. The first kappa shape index (κ1) is 17.5. The number of hydrogen-bond acceptors (Lipinski definition) is 0. The van der Waals surface area contributed by atoms with Gasteiger partial charge in [-0.1, -0.05) is 47.4 Å². The van der Waals surface area contributed by atoms with E-state index in [1.54, 1.807) is 13.0 Å². The number of halogens is 1. The summed E-state index contributed by atoms with van der Waals surface area (Å²) < 4.78 is 13.6. The van der Waals surface area contributed by atoms with Gasteiger partial charge in [-0.05, 0) is 74.4 Å². The first-order chi connectivity index (χ1) is 12.5. The molecule has 0 radical (unpaired) electrons. The zero-order valence-electron chi connectivity index (χ0n) is 15.2.